The van der Waals surface area contributed by atoms with Crippen LogP contribution in [0, 0.1) is 6.92 Å². The number of ether oxygens (including phenoxy) is 1. The first-order valence-electron chi connectivity index (χ1n) is 7.22. The first-order valence-corrected chi connectivity index (χ1v) is 7.22. The topological polar surface area (TPSA) is 49.8 Å². The molecule has 1 aliphatic rings. The predicted octanol–water partition coefficient (Wildman–Crippen LogP) is 2.49. The van der Waals surface area contributed by atoms with Crippen LogP contribution in [-0.4, -0.2) is 42.2 Å². The first kappa shape index (κ1) is 14.9. The Kier molecular flexibility index (Phi) is 5.01. The van der Waals surface area contributed by atoms with Crippen molar-refractivity contribution in [3.05, 3.63) is 29.3 Å². The van der Waals surface area contributed by atoms with Gasteiger partial charge in [0, 0.05) is 6.42 Å². The molecule has 0 amide bonds. The molecule has 1 saturated heterocycles. The fraction of sp³-hybridized carbons (Fsp3) is 0.562. The van der Waals surface area contributed by atoms with E-state index in [9.17, 15) is 9.90 Å². The summed E-state index contributed by atoms with van der Waals surface area (Å²) in [6, 6.07) is 5.48. The molecular weight excluding hydrogens is 254 g/mol. The van der Waals surface area contributed by atoms with Gasteiger partial charge in [0.25, 0.3) is 0 Å². The minimum absolute atomic E-state index is 0.453. The van der Waals surface area contributed by atoms with E-state index >= 15 is 0 Å². The monoisotopic (exact) mass is 277 g/mol. The zero-order valence-corrected chi connectivity index (χ0v) is 12.3. The average molecular weight is 277 g/mol. The van der Waals surface area contributed by atoms with E-state index in [0.29, 0.717) is 6.42 Å². The second-order valence-corrected chi connectivity index (χ2v) is 5.47. The second-order valence-electron chi connectivity index (χ2n) is 5.47. The van der Waals surface area contributed by atoms with Gasteiger partial charge >= 0.3 is 5.97 Å². The lowest BCUT2D eigenvalue weighted by Crippen LogP contribution is -2.45. The summed E-state index contributed by atoms with van der Waals surface area (Å²) in [5.74, 6) is 0.0364. The Morgan fingerprint density at radius 3 is 2.65 bits per heavy atom. The van der Waals surface area contributed by atoms with Gasteiger partial charge in [-0.15, -0.1) is 0 Å². The molecule has 0 bridgehead atoms. The molecule has 1 aliphatic heterocycles. The van der Waals surface area contributed by atoms with Crippen molar-refractivity contribution < 1.29 is 14.6 Å². The average Bonchev–Trinajstić information content (AvgIpc) is 2.45. The maximum atomic E-state index is 11.6. The molecule has 0 spiro atoms. The number of hydrogen-bond donors (Lipinski definition) is 1. The van der Waals surface area contributed by atoms with Crippen molar-refractivity contribution in [2.24, 2.45) is 0 Å². The molecule has 0 radical (unpaired) electrons. The van der Waals surface area contributed by atoms with Crippen molar-refractivity contribution in [3.8, 4) is 5.75 Å². The van der Waals surface area contributed by atoms with E-state index in [1.807, 2.05) is 25.1 Å². The highest BCUT2D eigenvalue weighted by molar-refractivity contribution is 5.74. The molecule has 0 aromatic heterocycles. The lowest BCUT2D eigenvalue weighted by atomic mass is 9.99. The van der Waals surface area contributed by atoms with Gasteiger partial charge in [-0.1, -0.05) is 24.1 Å². The fourth-order valence-electron chi connectivity index (χ4n) is 2.88. The highest BCUT2D eigenvalue weighted by Gasteiger charge is 2.27. The predicted molar refractivity (Wildman–Crippen MR) is 78.3 cm³/mol. The van der Waals surface area contributed by atoms with Gasteiger partial charge in [-0.2, -0.15) is 0 Å². The molecule has 20 heavy (non-hydrogen) atoms. The van der Waals surface area contributed by atoms with Gasteiger partial charge in [0.1, 0.15) is 11.8 Å². The van der Waals surface area contributed by atoms with Gasteiger partial charge in [0.2, 0.25) is 0 Å². The van der Waals surface area contributed by atoms with E-state index in [1.54, 1.807) is 7.11 Å². The molecule has 1 aromatic rings. The van der Waals surface area contributed by atoms with Gasteiger partial charge in [-0.05, 0) is 44.5 Å². The summed E-state index contributed by atoms with van der Waals surface area (Å²) in [5, 5.41) is 9.54. The molecule has 2 rings (SSSR count). The Bertz CT molecular complexity index is 467. The van der Waals surface area contributed by atoms with Crippen LogP contribution in [0.4, 0.5) is 0 Å². The Labute approximate surface area is 120 Å². The lowest BCUT2D eigenvalue weighted by molar-refractivity contribution is -0.143. The van der Waals surface area contributed by atoms with Crippen molar-refractivity contribution in [2.45, 2.75) is 38.6 Å². The molecule has 1 aromatic carbocycles. The smallest absolute Gasteiger partial charge is 0.321 e. The van der Waals surface area contributed by atoms with Crippen molar-refractivity contribution in [1.82, 2.24) is 4.90 Å². The molecule has 1 fully saturated rings. The minimum atomic E-state index is -0.740. The minimum Gasteiger partial charge on any atom is -0.496 e. The SMILES string of the molecule is COc1ccc(C)cc1C[C@@H](C(=O)O)N1CCCCC1. The molecule has 0 saturated carbocycles. The molecular formula is C16H23NO3. The number of carbonyl (C=O) groups is 1. The number of methoxy groups -OCH3 is 1. The van der Waals surface area contributed by atoms with Gasteiger partial charge < -0.3 is 9.84 Å². The Morgan fingerprint density at radius 1 is 1.35 bits per heavy atom. The van der Waals surface area contributed by atoms with Crippen LogP contribution >= 0.6 is 0 Å². The normalized spacial score (nSPS) is 17.7. The Balaban J connectivity index is 2.19. The van der Waals surface area contributed by atoms with Crippen LogP contribution < -0.4 is 4.74 Å². The highest BCUT2D eigenvalue weighted by atomic mass is 16.5. The summed E-state index contributed by atoms with van der Waals surface area (Å²) >= 11 is 0. The molecule has 1 heterocycles. The summed E-state index contributed by atoms with van der Waals surface area (Å²) in [6.07, 6.45) is 3.89. The van der Waals surface area contributed by atoms with Crippen LogP contribution in [0.25, 0.3) is 0 Å². The van der Waals surface area contributed by atoms with E-state index < -0.39 is 12.0 Å². The van der Waals surface area contributed by atoms with Crippen molar-refractivity contribution >= 4 is 5.97 Å². The number of rotatable bonds is 5. The number of aryl methyl sites for hydroxylation is 1. The maximum Gasteiger partial charge on any atom is 0.321 e. The number of carboxylic acids is 1. The number of piperidine rings is 1. The number of likely N-dealkylation sites (tertiary alicyclic amines) is 1. The summed E-state index contributed by atoms with van der Waals surface area (Å²) in [4.78, 5) is 13.7. The van der Waals surface area contributed by atoms with Crippen LogP contribution in [-0.2, 0) is 11.2 Å². The number of carboxylic acid groups (broad SMARTS) is 1. The van der Waals surface area contributed by atoms with E-state index in [-0.39, 0.29) is 0 Å². The van der Waals surface area contributed by atoms with Crippen LogP contribution in [0.3, 0.4) is 0 Å². The number of benzene rings is 1. The molecule has 1 N–H and O–H groups in total. The van der Waals surface area contributed by atoms with Crippen LogP contribution in [0.5, 0.6) is 5.75 Å². The largest absolute Gasteiger partial charge is 0.496 e. The van der Waals surface area contributed by atoms with Crippen LogP contribution in [0.2, 0.25) is 0 Å². The number of aliphatic carboxylic acids is 1. The van der Waals surface area contributed by atoms with Crippen molar-refractivity contribution in [3.63, 3.8) is 0 Å². The zero-order valence-electron chi connectivity index (χ0n) is 12.3. The summed E-state index contributed by atoms with van der Waals surface area (Å²) in [5.41, 5.74) is 2.11. The van der Waals surface area contributed by atoms with E-state index in [4.69, 9.17) is 4.74 Å². The van der Waals surface area contributed by atoms with Crippen molar-refractivity contribution in [2.75, 3.05) is 20.2 Å². The van der Waals surface area contributed by atoms with Gasteiger partial charge in [-0.25, -0.2) is 0 Å². The zero-order chi connectivity index (χ0) is 14.5. The Hall–Kier alpha value is -1.55. The Morgan fingerprint density at radius 2 is 2.05 bits per heavy atom. The molecule has 1 atom stereocenters. The van der Waals surface area contributed by atoms with Gasteiger partial charge in [0.15, 0.2) is 0 Å². The third kappa shape index (κ3) is 3.51. The van der Waals surface area contributed by atoms with Crippen molar-refractivity contribution in [1.29, 1.82) is 0 Å². The fourth-order valence-corrected chi connectivity index (χ4v) is 2.88. The number of hydrogen-bond acceptors (Lipinski definition) is 3. The van der Waals surface area contributed by atoms with E-state index in [1.165, 1.54) is 6.42 Å². The molecule has 110 valence electrons. The third-order valence-electron chi connectivity index (χ3n) is 3.97. The summed E-state index contributed by atoms with van der Waals surface area (Å²) in [7, 11) is 1.63. The maximum absolute atomic E-state index is 11.6. The number of nitrogens with zero attached hydrogens (tertiary/aromatic N) is 1. The third-order valence-corrected chi connectivity index (χ3v) is 3.97. The van der Waals surface area contributed by atoms with Gasteiger partial charge in [-0.3, -0.25) is 9.69 Å². The van der Waals surface area contributed by atoms with E-state index in [0.717, 1.165) is 42.8 Å². The molecule has 4 heteroatoms. The van der Waals surface area contributed by atoms with E-state index in [2.05, 4.69) is 4.90 Å². The summed E-state index contributed by atoms with van der Waals surface area (Å²) < 4.78 is 5.36. The second kappa shape index (κ2) is 6.75. The van der Waals surface area contributed by atoms with Crippen LogP contribution in [0.15, 0.2) is 18.2 Å². The standard InChI is InChI=1S/C16H23NO3/c1-12-6-7-15(20-2)13(10-12)11-14(16(18)19)17-8-4-3-5-9-17/h6-7,10,14H,3-5,8-9,11H2,1-2H3,(H,18,19)/t14-/m0/s1. The quantitative estimate of drug-likeness (QED) is 0.898. The first-order chi connectivity index (χ1) is 9.61. The molecule has 0 unspecified atom stereocenters. The molecule has 4 nitrogen and oxygen atoms in total. The van der Waals surface area contributed by atoms with Crippen LogP contribution in [0.1, 0.15) is 30.4 Å². The lowest BCUT2D eigenvalue weighted by Gasteiger charge is -2.32. The summed E-state index contributed by atoms with van der Waals surface area (Å²) in [6.45, 7) is 3.77. The molecule has 0 aliphatic carbocycles. The van der Waals surface area contributed by atoms with Gasteiger partial charge in [0.05, 0.1) is 7.11 Å². The highest BCUT2D eigenvalue weighted by Crippen LogP contribution is 2.24.